The van der Waals surface area contributed by atoms with Crippen LogP contribution in [0.1, 0.15) is 18.5 Å². The van der Waals surface area contributed by atoms with Crippen molar-refractivity contribution in [2.24, 2.45) is 4.99 Å². The molecule has 1 fully saturated rings. The van der Waals surface area contributed by atoms with Gasteiger partial charge in [-0.1, -0.05) is 48.5 Å². The summed E-state index contributed by atoms with van der Waals surface area (Å²) in [6, 6.07) is 20.1. The Labute approximate surface area is 143 Å². The van der Waals surface area contributed by atoms with Crippen molar-refractivity contribution in [3.05, 3.63) is 70.7 Å². The van der Waals surface area contributed by atoms with Crippen LogP contribution >= 0.6 is 0 Å². The van der Waals surface area contributed by atoms with Crippen LogP contribution in [-0.4, -0.2) is 49.1 Å². The Morgan fingerprint density at radius 3 is 2.33 bits per heavy atom. The van der Waals surface area contributed by atoms with E-state index in [9.17, 15) is 0 Å². The summed E-state index contributed by atoms with van der Waals surface area (Å²) in [6.45, 7) is 6.71. The molecule has 2 aliphatic rings. The predicted octanol–water partition coefficient (Wildman–Crippen LogP) is 1.85. The molecule has 0 aromatic heterocycles. The largest absolute Gasteiger partial charge is 0.304 e. The minimum absolute atomic E-state index is 0.243. The Hall–Kier alpha value is -1.97. The van der Waals surface area contributed by atoms with E-state index in [1.165, 1.54) is 16.4 Å². The second-order valence-corrected chi connectivity index (χ2v) is 6.93. The van der Waals surface area contributed by atoms with Gasteiger partial charge in [0.15, 0.2) is 0 Å². The number of nitrogens with zero attached hydrogens (tertiary/aromatic N) is 3. The van der Waals surface area contributed by atoms with E-state index in [2.05, 4.69) is 78.4 Å². The highest BCUT2D eigenvalue weighted by atomic mass is 15.3. The van der Waals surface area contributed by atoms with Crippen LogP contribution in [0.5, 0.6) is 0 Å². The van der Waals surface area contributed by atoms with Crippen LogP contribution in [0.3, 0.4) is 0 Å². The van der Waals surface area contributed by atoms with Crippen LogP contribution in [0.15, 0.2) is 59.6 Å². The van der Waals surface area contributed by atoms with E-state index < -0.39 is 0 Å². The first kappa shape index (κ1) is 15.6. The van der Waals surface area contributed by atoms with Crippen LogP contribution in [0.4, 0.5) is 0 Å². The smallest absolute Gasteiger partial charge is 0.0716 e. The van der Waals surface area contributed by atoms with Crippen molar-refractivity contribution >= 4 is 5.57 Å². The van der Waals surface area contributed by atoms with Gasteiger partial charge in [-0.25, -0.2) is 0 Å². The Morgan fingerprint density at radius 1 is 0.917 bits per heavy atom. The minimum atomic E-state index is 0.243. The van der Waals surface area contributed by atoms with Gasteiger partial charge in [-0.2, -0.15) is 0 Å². The second-order valence-electron chi connectivity index (χ2n) is 6.93. The van der Waals surface area contributed by atoms with Crippen molar-refractivity contribution < 1.29 is 0 Å². The van der Waals surface area contributed by atoms with E-state index in [1.54, 1.807) is 0 Å². The fraction of sp³-hybridized carbons (Fsp3) is 0.381. The molecular weight excluding hydrogens is 294 g/mol. The number of hydrogen-bond acceptors (Lipinski definition) is 3. The molecule has 0 aliphatic carbocycles. The molecule has 124 valence electrons. The molecule has 0 saturated carbocycles. The molecule has 3 heteroatoms. The summed E-state index contributed by atoms with van der Waals surface area (Å²) in [5, 5.41) is 2.48. The lowest BCUT2D eigenvalue weighted by atomic mass is 9.91. The Kier molecular flexibility index (Phi) is 4.21. The number of piperazine rings is 1. The van der Waals surface area contributed by atoms with E-state index in [0.717, 1.165) is 31.5 Å². The monoisotopic (exact) mass is 319 g/mol. The first-order valence-corrected chi connectivity index (χ1v) is 8.88. The van der Waals surface area contributed by atoms with Crippen molar-refractivity contribution in [2.75, 3.05) is 33.2 Å². The molecule has 2 aromatic carbocycles. The van der Waals surface area contributed by atoms with Gasteiger partial charge < -0.3 is 4.90 Å². The summed E-state index contributed by atoms with van der Waals surface area (Å²) >= 11 is 0. The van der Waals surface area contributed by atoms with Gasteiger partial charge in [0.25, 0.3) is 0 Å². The maximum Gasteiger partial charge on any atom is 0.0716 e. The SMILES string of the molecule is CC1N=c2ccccc2=C1C(c1ccccc1)N1CCN(C)CC1. The average molecular weight is 319 g/mol. The Bertz CT molecular complexity index is 820. The zero-order valence-corrected chi connectivity index (χ0v) is 14.5. The Balaban J connectivity index is 1.84. The fourth-order valence-electron chi connectivity index (χ4n) is 4.01. The average Bonchev–Trinajstić information content (AvgIpc) is 2.94. The zero-order chi connectivity index (χ0) is 16.5. The summed E-state index contributed by atoms with van der Waals surface area (Å²) in [7, 11) is 2.21. The van der Waals surface area contributed by atoms with E-state index >= 15 is 0 Å². The van der Waals surface area contributed by atoms with E-state index in [0.29, 0.717) is 6.04 Å². The van der Waals surface area contributed by atoms with Gasteiger partial charge in [0.1, 0.15) is 0 Å². The van der Waals surface area contributed by atoms with Crippen LogP contribution in [0.2, 0.25) is 0 Å². The highest BCUT2D eigenvalue weighted by molar-refractivity contribution is 5.61. The quantitative estimate of drug-likeness (QED) is 0.860. The molecule has 0 bridgehead atoms. The standard InChI is InChI=1S/C21H25N3/c1-16-20(18-10-6-7-11-19(18)22-16)21(17-8-4-3-5-9-17)24-14-12-23(2)13-15-24/h3-11,16,21H,12-15H2,1-2H3. The van der Waals surface area contributed by atoms with Crippen molar-refractivity contribution in [3.63, 3.8) is 0 Å². The topological polar surface area (TPSA) is 18.8 Å². The van der Waals surface area contributed by atoms with Gasteiger partial charge in [0, 0.05) is 31.4 Å². The maximum absolute atomic E-state index is 4.92. The molecular formula is C21H25N3. The second kappa shape index (κ2) is 6.50. The molecule has 2 unspecified atom stereocenters. The number of benzene rings is 2. The lowest BCUT2D eigenvalue weighted by molar-refractivity contribution is 0.132. The van der Waals surface area contributed by atoms with E-state index in [1.807, 2.05) is 0 Å². The van der Waals surface area contributed by atoms with Crippen molar-refractivity contribution in [1.29, 1.82) is 0 Å². The van der Waals surface area contributed by atoms with E-state index in [4.69, 9.17) is 4.99 Å². The van der Waals surface area contributed by atoms with Gasteiger partial charge in [0.2, 0.25) is 0 Å². The highest BCUT2D eigenvalue weighted by Crippen LogP contribution is 2.33. The van der Waals surface area contributed by atoms with Gasteiger partial charge >= 0.3 is 0 Å². The fourth-order valence-corrected chi connectivity index (χ4v) is 4.01. The molecule has 2 atom stereocenters. The normalized spacial score (nSPS) is 22.9. The minimum Gasteiger partial charge on any atom is -0.304 e. The van der Waals surface area contributed by atoms with Crippen LogP contribution in [-0.2, 0) is 0 Å². The molecule has 0 amide bonds. The summed E-state index contributed by atoms with van der Waals surface area (Å²) in [4.78, 5) is 9.97. The molecule has 0 radical (unpaired) electrons. The molecule has 2 aromatic rings. The van der Waals surface area contributed by atoms with Gasteiger partial charge in [-0.3, -0.25) is 9.89 Å². The highest BCUT2D eigenvalue weighted by Gasteiger charge is 2.31. The maximum atomic E-state index is 4.92. The lowest BCUT2D eigenvalue weighted by Gasteiger charge is -2.39. The predicted molar refractivity (Wildman–Crippen MR) is 98.3 cm³/mol. The van der Waals surface area contributed by atoms with Crippen molar-refractivity contribution in [3.8, 4) is 0 Å². The third-order valence-corrected chi connectivity index (χ3v) is 5.31. The Morgan fingerprint density at radius 2 is 1.58 bits per heavy atom. The molecule has 0 spiro atoms. The third-order valence-electron chi connectivity index (χ3n) is 5.31. The molecule has 2 aliphatic heterocycles. The van der Waals surface area contributed by atoms with Crippen LogP contribution < -0.4 is 10.6 Å². The number of rotatable bonds is 3. The zero-order valence-electron chi connectivity index (χ0n) is 14.5. The van der Waals surface area contributed by atoms with Gasteiger partial charge in [-0.05, 0) is 31.2 Å². The molecule has 2 heterocycles. The number of hydrogen-bond donors (Lipinski definition) is 0. The van der Waals surface area contributed by atoms with Crippen molar-refractivity contribution in [2.45, 2.75) is 19.0 Å². The molecule has 4 rings (SSSR count). The first-order valence-electron chi connectivity index (χ1n) is 8.88. The number of fused-ring (bicyclic) bond motifs is 1. The summed E-state index contributed by atoms with van der Waals surface area (Å²) in [5.74, 6) is 0. The first-order chi connectivity index (χ1) is 11.7. The summed E-state index contributed by atoms with van der Waals surface area (Å²) in [5.41, 5.74) is 2.84. The molecule has 3 nitrogen and oxygen atoms in total. The molecule has 1 saturated heterocycles. The summed E-state index contributed by atoms with van der Waals surface area (Å²) in [6.07, 6.45) is 0. The number of para-hydroxylation sites is 1. The van der Waals surface area contributed by atoms with Crippen molar-refractivity contribution in [1.82, 2.24) is 9.80 Å². The molecule has 0 N–H and O–H groups in total. The third kappa shape index (κ3) is 2.79. The van der Waals surface area contributed by atoms with Crippen LogP contribution in [0, 0.1) is 0 Å². The lowest BCUT2D eigenvalue weighted by Crippen LogP contribution is -2.47. The van der Waals surface area contributed by atoms with E-state index in [-0.39, 0.29) is 6.04 Å². The number of likely N-dealkylation sites (N-methyl/N-ethyl adjacent to an activating group) is 1. The summed E-state index contributed by atoms with van der Waals surface area (Å²) < 4.78 is 0. The van der Waals surface area contributed by atoms with Crippen LogP contribution in [0.25, 0.3) is 5.57 Å². The van der Waals surface area contributed by atoms with Gasteiger partial charge in [0.05, 0.1) is 17.4 Å². The van der Waals surface area contributed by atoms with Gasteiger partial charge in [-0.15, -0.1) is 0 Å². The molecule has 24 heavy (non-hydrogen) atoms.